The number of aliphatic hydroxyl groups excluding tert-OH is 1. The van der Waals surface area contributed by atoms with Crippen molar-refractivity contribution >= 4 is 17.5 Å². The van der Waals surface area contributed by atoms with Gasteiger partial charge in [0.25, 0.3) is 0 Å². The number of carbonyl (C=O) groups excluding carboxylic acids is 2. The van der Waals surface area contributed by atoms with E-state index in [-0.39, 0.29) is 11.3 Å². The average Bonchev–Trinajstić information content (AvgIpc) is 2.95. The van der Waals surface area contributed by atoms with E-state index in [1.165, 1.54) is 13.1 Å². The van der Waals surface area contributed by atoms with E-state index in [2.05, 4.69) is 4.98 Å². The van der Waals surface area contributed by atoms with E-state index in [1.54, 1.807) is 30.5 Å². The Hall–Kier alpha value is -3.15. The lowest BCUT2D eigenvalue weighted by atomic mass is 10.00. The molecule has 1 heterocycles. The van der Waals surface area contributed by atoms with E-state index in [0.717, 1.165) is 5.56 Å². The number of aromatic nitrogens is 1. The second kappa shape index (κ2) is 6.74. The van der Waals surface area contributed by atoms with Crippen LogP contribution in [0.5, 0.6) is 0 Å². The van der Waals surface area contributed by atoms with Gasteiger partial charge >= 0.3 is 5.97 Å². The van der Waals surface area contributed by atoms with Gasteiger partial charge in [-0.2, -0.15) is 0 Å². The minimum absolute atomic E-state index is 0.0247. The topological polar surface area (TPSA) is 107 Å². The number of hydrogen-bond donors (Lipinski definition) is 3. The quantitative estimate of drug-likeness (QED) is 0.431. The lowest BCUT2D eigenvalue weighted by Gasteiger charge is -2.03. The van der Waals surface area contributed by atoms with Gasteiger partial charge in [0.05, 0.1) is 0 Å². The number of aliphatic hydroxyl groups is 1. The van der Waals surface area contributed by atoms with Crippen LogP contribution in [-0.2, 0) is 11.2 Å². The number of aromatic amines is 1. The largest absolute Gasteiger partial charge is 0.502 e. The highest BCUT2D eigenvalue weighted by Gasteiger charge is 2.14. The minimum atomic E-state index is -1.56. The summed E-state index contributed by atoms with van der Waals surface area (Å²) in [6.07, 6.45) is 4.20. The Labute approximate surface area is 132 Å². The van der Waals surface area contributed by atoms with Crippen molar-refractivity contribution in [1.82, 2.24) is 4.98 Å². The number of carboxylic acids is 1. The molecule has 2 rings (SSSR count). The number of carboxylic acid groups (broad SMARTS) is 1. The fourth-order valence-corrected chi connectivity index (χ4v) is 2.11. The first-order valence-corrected chi connectivity index (χ1v) is 6.82. The summed E-state index contributed by atoms with van der Waals surface area (Å²) in [5, 5.41) is 17.8. The zero-order valence-corrected chi connectivity index (χ0v) is 12.4. The molecule has 0 atom stereocenters. The Kier molecular flexibility index (Phi) is 4.75. The number of benzene rings is 1. The SMILES string of the molecule is CC(=O)c1ccc(Cc2c[nH]cc2C(=O)C=C(O)C(=O)O)cc1. The first-order chi connectivity index (χ1) is 10.9. The van der Waals surface area contributed by atoms with Gasteiger partial charge in [-0.25, -0.2) is 4.79 Å². The molecular formula is C17H15NO5. The minimum Gasteiger partial charge on any atom is -0.502 e. The van der Waals surface area contributed by atoms with E-state index in [1.807, 2.05) is 0 Å². The lowest BCUT2D eigenvalue weighted by molar-refractivity contribution is -0.135. The first kappa shape index (κ1) is 16.2. The second-order valence-electron chi connectivity index (χ2n) is 5.02. The lowest BCUT2D eigenvalue weighted by Crippen LogP contribution is -2.05. The maximum absolute atomic E-state index is 12.0. The third-order valence-corrected chi connectivity index (χ3v) is 3.34. The number of hydrogen-bond acceptors (Lipinski definition) is 4. The summed E-state index contributed by atoms with van der Waals surface area (Å²) in [6, 6.07) is 7.01. The highest BCUT2D eigenvalue weighted by atomic mass is 16.4. The molecule has 23 heavy (non-hydrogen) atoms. The van der Waals surface area contributed by atoms with Gasteiger partial charge in [-0.15, -0.1) is 0 Å². The summed E-state index contributed by atoms with van der Waals surface area (Å²) >= 11 is 0. The molecule has 2 aromatic rings. The molecule has 6 nitrogen and oxygen atoms in total. The molecule has 0 radical (unpaired) electrons. The molecule has 0 aliphatic carbocycles. The fourth-order valence-electron chi connectivity index (χ4n) is 2.11. The van der Waals surface area contributed by atoms with Crippen LogP contribution in [-0.4, -0.2) is 32.7 Å². The normalized spacial score (nSPS) is 11.3. The van der Waals surface area contributed by atoms with Crippen molar-refractivity contribution in [2.75, 3.05) is 0 Å². The number of allylic oxidation sites excluding steroid dienone is 1. The molecule has 0 aliphatic rings. The highest BCUT2D eigenvalue weighted by molar-refractivity contribution is 6.08. The molecule has 0 aliphatic heterocycles. The molecule has 0 spiro atoms. The Bertz CT molecular complexity index is 784. The van der Waals surface area contributed by atoms with Crippen molar-refractivity contribution in [1.29, 1.82) is 0 Å². The third-order valence-electron chi connectivity index (χ3n) is 3.34. The standard InChI is InChI=1S/C17H15NO5/c1-10(19)12-4-2-11(3-5-12)6-13-8-18-9-14(13)15(20)7-16(21)17(22)23/h2-5,7-9,18,21H,6H2,1H3,(H,22,23). The van der Waals surface area contributed by atoms with Crippen LogP contribution in [0.1, 0.15) is 38.8 Å². The van der Waals surface area contributed by atoms with Crippen LogP contribution in [0.4, 0.5) is 0 Å². The molecule has 0 amide bonds. The van der Waals surface area contributed by atoms with Crippen molar-refractivity contribution in [3.05, 3.63) is 70.7 Å². The molecule has 0 fully saturated rings. The van der Waals surface area contributed by atoms with Crippen molar-refractivity contribution in [3.8, 4) is 0 Å². The van der Waals surface area contributed by atoms with Crippen LogP contribution in [0.3, 0.4) is 0 Å². The van der Waals surface area contributed by atoms with Gasteiger partial charge in [-0.1, -0.05) is 24.3 Å². The Morgan fingerprint density at radius 1 is 1.09 bits per heavy atom. The van der Waals surface area contributed by atoms with Crippen molar-refractivity contribution in [3.63, 3.8) is 0 Å². The second-order valence-corrected chi connectivity index (χ2v) is 5.02. The van der Waals surface area contributed by atoms with Gasteiger partial charge < -0.3 is 15.2 Å². The first-order valence-electron chi connectivity index (χ1n) is 6.82. The number of carbonyl (C=O) groups is 3. The number of ketones is 2. The van der Waals surface area contributed by atoms with Gasteiger partial charge in [-0.05, 0) is 24.5 Å². The van der Waals surface area contributed by atoms with Crippen LogP contribution >= 0.6 is 0 Å². The predicted molar refractivity (Wildman–Crippen MR) is 82.7 cm³/mol. The third kappa shape index (κ3) is 3.94. The molecule has 0 saturated carbocycles. The number of aliphatic carboxylic acids is 1. The van der Waals surface area contributed by atoms with Gasteiger partial charge in [-0.3, -0.25) is 9.59 Å². The van der Waals surface area contributed by atoms with Crippen LogP contribution in [0.2, 0.25) is 0 Å². The van der Waals surface area contributed by atoms with E-state index < -0.39 is 17.5 Å². The predicted octanol–water partition coefficient (Wildman–Crippen LogP) is 2.52. The molecular weight excluding hydrogens is 298 g/mol. The number of Topliss-reactive ketones (excluding diaryl/α,β-unsaturated/α-hetero) is 1. The number of nitrogens with one attached hydrogen (secondary N) is 1. The molecule has 0 unspecified atom stereocenters. The molecule has 0 saturated heterocycles. The monoisotopic (exact) mass is 313 g/mol. The zero-order valence-electron chi connectivity index (χ0n) is 12.4. The maximum atomic E-state index is 12.0. The summed E-state index contributed by atoms with van der Waals surface area (Å²) in [7, 11) is 0. The zero-order chi connectivity index (χ0) is 17.0. The Morgan fingerprint density at radius 3 is 2.30 bits per heavy atom. The van der Waals surface area contributed by atoms with Crippen molar-refractivity contribution in [2.45, 2.75) is 13.3 Å². The molecule has 3 N–H and O–H groups in total. The van der Waals surface area contributed by atoms with Crippen LogP contribution in [0.25, 0.3) is 0 Å². The van der Waals surface area contributed by atoms with E-state index in [0.29, 0.717) is 23.6 Å². The molecule has 1 aromatic heterocycles. The Balaban J connectivity index is 2.21. The summed E-state index contributed by atoms with van der Waals surface area (Å²) < 4.78 is 0. The molecule has 0 bridgehead atoms. The highest BCUT2D eigenvalue weighted by Crippen LogP contribution is 2.16. The smallest absolute Gasteiger partial charge is 0.371 e. The van der Waals surface area contributed by atoms with Crippen LogP contribution in [0.15, 0.2) is 48.5 Å². The van der Waals surface area contributed by atoms with Gasteiger partial charge in [0.15, 0.2) is 11.6 Å². The van der Waals surface area contributed by atoms with Crippen molar-refractivity contribution < 1.29 is 24.6 Å². The van der Waals surface area contributed by atoms with Gasteiger partial charge in [0, 0.05) is 29.6 Å². The molecule has 1 aromatic carbocycles. The van der Waals surface area contributed by atoms with Crippen LogP contribution in [0, 0.1) is 0 Å². The molecule has 118 valence electrons. The fraction of sp³-hybridized carbons (Fsp3) is 0.118. The summed E-state index contributed by atoms with van der Waals surface area (Å²) in [5.74, 6) is -3.19. The number of H-pyrrole nitrogens is 1. The molecule has 6 heteroatoms. The van der Waals surface area contributed by atoms with Crippen LogP contribution < -0.4 is 0 Å². The number of rotatable bonds is 6. The summed E-state index contributed by atoms with van der Waals surface area (Å²) in [6.45, 7) is 1.49. The summed E-state index contributed by atoms with van der Waals surface area (Å²) in [4.78, 5) is 36.6. The van der Waals surface area contributed by atoms with E-state index >= 15 is 0 Å². The van der Waals surface area contributed by atoms with Gasteiger partial charge in [0.2, 0.25) is 5.76 Å². The van der Waals surface area contributed by atoms with E-state index in [4.69, 9.17) is 10.2 Å². The van der Waals surface area contributed by atoms with Gasteiger partial charge in [0.1, 0.15) is 0 Å². The van der Waals surface area contributed by atoms with E-state index in [9.17, 15) is 14.4 Å². The average molecular weight is 313 g/mol. The Morgan fingerprint density at radius 2 is 1.74 bits per heavy atom. The summed E-state index contributed by atoms with van der Waals surface area (Å²) in [5.41, 5.74) is 2.46. The van der Waals surface area contributed by atoms with Crippen molar-refractivity contribution in [2.24, 2.45) is 0 Å². The maximum Gasteiger partial charge on any atom is 0.371 e.